The summed E-state index contributed by atoms with van der Waals surface area (Å²) < 4.78 is 22.1. The van der Waals surface area contributed by atoms with Crippen LogP contribution in [0.15, 0.2) is 83.2 Å². The van der Waals surface area contributed by atoms with Crippen molar-refractivity contribution in [2.24, 2.45) is 0 Å². The fourth-order valence-electron chi connectivity index (χ4n) is 4.68. The Bertz CT molecular complexity index is 1850. The number of pyridine rings is 1. The molecule has 228 valence electrons. The third kappa shape index (κ3) is 6.72. The van der Waals surface area contributed by atoms with Gasteiger partial charge in [-0.15, -0.1) is 11.3 Å². The van der Waals surface area contributed by atoms with E-state index in [9.17, 15) is 10.1 Å². The van der Waals surface area contributed by atoms with E-state index in [4.69, 9.17) is 23.9 Å². The van der Waals surface area contributed by atoms with E-state index in [-0.39, 0.29) is 5.91 Å². The van der Waals surface area contributed by atoms with E-state index >= 15 is 0 Å². The summed E-state index contributed by atoms with van der Waals surface area (Å²) in [6.07, 6.45) is 0. The van der Waals surface area contributed by atoms with Crippen molar-refractivity contribution in [1.82, 2.24) is 9.97 Å². The van der Waals surface area contributed by atoms with Crippen LogP contribution in [0.5, 0.6) is 23.0 Å². The fraction of sp³-hybridized carbons (Fsp3) is 0.176. The monoisotopic (exact) mass is 638 g/mol. The minimum absolute atomic E-state index is 0.272. The van der Waals surface area contributed by atoms with E-state index in [1.807, 2.05) is 66.0 Å². The molecule has 0 spiro atoms. The van der Waals surface area contributed by atoms with Crippen molar-refractivity contribution in [3.63, 3.8) is 0 Å². The van der Waals surface area contributed by atoms with E-state index in [0.29, 0.717) is 61.2 Å². The van der Waals surface area contributed by atoms with Crippen molar-refractivity contribution in [1.29, 1.82) is 5.26 Å². The van der Waals surface area contributed by atoms with Crippen molar-refractivity contribution < 1.29 is 23.7 Å². The number of hydrogen-bond donors (Lipinski definition) is 1. The van der Waals surface area contributed by atoms with Crippen LogP contribution in [-0.2, 0) is 4.79 Å². The first kappa shape index (κ1) is 31.4. The highest BCUT2D eigenvalue weighted by Gasteiger charge is 2.24. The molecule has 9 nitrogen and oxygen atoms in total. The minimum atomic E-state index is -0.609. The zero-order chi connectivity index (χ0) is 31.9. The highest BCUT2D eigenvalue weighted by atomic mass is 32.2. The number of rotatable bonds is 11. The predicted octanol–water partition coefficient (Wildman–Crippen LogP) is 7.56. The van der Waals surface area contributed by atoms with E-state index < -0.39 is 5.25 Å². The molecule has 1 unspecified atom stereocenters. The molecule has 5 aromatic rings. The van der Waals surface area contributed by atoms with E-state index in [2.05, 4.69) is 16.4 Å². The Hall–Kier alpha value is -5.05. The first-order valence-corrected chi connectivity index (χ1v) is 15.5. The molecular weight excluding hydrogens is 609 g/mol. The number of amides is 1. The number of nitrogens with one attached hydrogen (secondary N) is 1. The first-order valence-electron chi connectivity index (χ1n) is 13.8. The molecule has 2 heterocycles. The molecule has 0 aliphatic heterocycles. The zero-order valence-electron chi connectivity index (χ0n) is 25.3. The number of thioether (sulfide) groups is 1. The van der Waals surface area contributed by atoms with Gasteiger partial charge in [-0.1, -0.05) is 54.2 Å². The average molecular weight is 639 g/mol. The Labute approximate surface area is 269 Å². The van der Waals surface area contributed by atoms with Gasteiger partial charge < -0.3 is 24.3 Å². The number of anilines is 1. The van der Waals surface area contributed by atoms with Gasteiger partial charge in [0.15, 0.2) is 16.6 Å². The molecule has 0 aliphatic carbocycles. The van der Waals surface area contributed by atoms with Crippen LogP contribution in [0.2, 0.25) is 0 Å². The third-order valence-electron chi connectivity index (χ3n) is 6.92. The Balaban J connectivity index is 1.50. The van der Waals surface area contributed by atoms with Gasteiger partial charge in [0.2, 0.25) is 11.7 Å². The molecule has 0 saturated carbocycles. The molecule has 0 fully saturated rings. The number of hydrogen-bond acceptors (Lipinski definition) is 10. The summed E-state index contributed by atoms with van der Waals surface area (Å²) in [7, 11) is 6.22. The maximum Gasteiger partial charge on any atom is 0.239 e. The van der Waals surface area contributed by atoms with Crippen molar-refractivity contribution in [2.75, 3.05) is 33.8 Å². The maximum atomic E-state index is 13.4. The molecule has 11 heteroatoms. The topological polar surface area (TPSA) is 116 Å². The number of carbonyl (C=O) groups excluding carboxylic acids is 1. The molecule has 0 radical (unpaired) electrons. The molecule has 3 aromatic carbocycles. The smallest absolute Gasteiger partial charge is 0.239 e. The zero-order valence-corrected chi connectivity index (χ0v) is 26.9. The van der Waals surface area contributed by atoms with Gasteiger partial charge in [0.1, 0.15) is 16.8 Å². The van der Waals surface area contributed by atoms with Gasteiger partial charge in [-0.25, -0.2) is 9.97 Å². The van der Waals surface area contributed by atoms with Crippen molar-refractivity contribution in [3.05, 3.63) is 83.7 Å². The molecule has 1 atom stereocenters. The summed E-state index contributed by atoms with van der Waals surface area (Å²) in [4.78, 5) is 22.8. The quantitative estimate of drug-likeness (QED) is 0.146. The van der Waals surface area contributed by atoms with Gasteiger partial charge in [-0.3, -0.25) is 4.79 Å². The third-order valence-corrected chi connectivity index (χ3v) is 8.76. The number of ether oxygens (including phenoxy) is 4. The number of para-hydroxylation sites is 1. The number of thiazole rings is 1. The summed E-state index contributed by atoms with van der Waals surface area (Å²) in [6.45, 7) is 1.77. The SMILES string of the molecule is COc1ccccc1-c1csc(NC(=O)C(C)Sc2nc(-c3ccccc3)cc(-c3cc(OC)c(OC)c(OC)c3)c2C#N)n1. The van der Waals surface area contributed by atoms with Crippen LogP contribution >= 0.6 is 23.1 Å². The van der Waals surface area contributed by atoms with Gasteiger partial charge >= 0.3 is 0 Å². The molecule has 0 aliphatic rings. The van der Waals surface area contributed by atoms with Crippen LogP contribution < -0.4 is 24.3 Å². The lowest BCUT2D eigenvalue weighted by molar-refractivity contribution is -0.115. The minimum Gasteiger partial charge on any atom is -0.496 e. The van der Waals surface area contributed by atoms with Crippen LogP contribution in [0.1, 0.15) is 12.5 Å². The van der Waals surface area contributed by atoms with Gasteiger partial charge in [-0.05, 0) is 42.8 Å². The number of methoxy groups -OCH3 is 4. The van der Waals surface area contributed by atoms with E-state index in [1.54, 1.807) is 26.2 Å². The Morgan fingerprint density at radius 1 is 0.822 bits per heavy atom. The van der Waals surface area contributed by atoms with Crippen molar-refractivity contribution in [2.45, 2.75) is 17.2 Å². The molecule has 1 amide bonds. The van der Waals surface area contributed by atoms with Gasteiger partial charge in [-0.2, -0.15) is 5.26 Å². The van der Waals surface area contributed by atoms with Crippen molar-refractivity contribution >= 4 is 34.1 Å². The highest BCUT2D eigenvalue weighted by molar-refractivity contribution is 8.00. The summed E-state index contributed by atoms with van der Waals surface area (Å²) in [5, 5.41) is 15.4. The second-order valence-corrected chi connectivity index (χ2v) is 11.8. The van der Waals surface area contributed by atoms with E-state index in [0.717, 1.165) is 11.1 Å². The average Bonchev–Trinajstić information content (AvgIpc) is 3.55. The molecule has 0 bridgehead atoms. The van der Waals surface area contributed by atoms with Crippen molar-refractivity contribution in [3.8, 4) is 62.7 Å². The van der Waals surface area contributed by atoms with E-state index in [1.165, 1.54) is 44.4 Å². The molecule has 5 rings (SSSR count). The predicted molar refractivity (Wildman–Crippen MR) is 178 cm³/mol. The highest BCUT2D eigenvalue weighted by Crippen LogP contribution is 2.44. The summed E-state index contributed by atoms with van der Waals surface area (Å²) >= 11 is 2.52. The fourth-order valence-corrected chi connectivity index (χ4v) is 6.31. The molecule has 2 aromatic heterocycles. The Morgan fingerprint density at radius 3 is 2.13 bits per heavy atom. The van der Waals surface area contributed by atoms with Crippen LogP contribution in [0, 0.1) is 11.3 Å². The van der Waals surface area contributed by atoms with Gasteiger partial charge in [0.25, 0.3) is 0 Å². The second kappa shape index (κ2) is 14.2. The maximum absolute atomic E-state index is 13.4. The second-order valence-electron chi connectivity index (χ2n) is 9.61. The molecule has 1 N–H and O–H groups in total. The standard InChI is InChI=1S/C34H30N4O5S2/c1-20(32(39)38-34-37-27(19-44-34)23-13-9-10-14-28(23)40-2)45-33-25(18-35)24(17-26(36-33)21-11-7-6-8-12-21)22-15-29(41-3)31(43-5)30(16-22)42-4/h6-17,19-20H,1-5H3,(H,37,38,39). The summed E-state index contributed by atoms with van der Waals surface area (Å²) in [6, 6.07) is 25.0. The molecule has 0 saturated heterocycles. The van der Waals surface area contributed by atoms with Crippen LogP contribution in [0.25, 0.3) is 33.6 Å². The van der Waals surface area contributed by atoms with Crippen LogP contribution in [0.3, 0.4) is 0 Å². The normalized spacial score (nSPS) is 11.3. The lowest BCUT2D eigenvalue weighted by Crippen LogP contribution is -2.22. The summed E-state index contributed by atoms with van der Waals surface area (Å²) in [5.41, 5.74) is 4.65. The number of nitriles is 1. The first-order chi connectivity index (χ1) is 21.9. The lowest BCUT2D eigenvalue weighted by atomic mass is 9.98. The number of benzene rings is 3. The molecular formula is C34H30N4O5S2. The van der Waals surface area contributed by atoms with Crippen LogP contribution in [0.4, 0.5) is 5.13 Å². The van der Waals surface area contributed by atoms with Crippen LogP contribution in [-0.4, -0.2) is 49.6 Å². The Morgan fingerprint density at radius 2 is 1.49 bits per heavy atom. The largest absolute Gasteiger partial charge is 0.496 e. The number of nitrogens with zero attached hydrogens (tertiary/aromatic N) is 3. The van der Waals surface area contributed by atoms with Gasteiger partial charge in [0.05, 0.1) is 50.6 Å². The Kier molecular flexibility index (Phi) is 9.87. The lowest BCUT2D eigenvalue weighted by Gasteiger charge is -2.17. The summed E-state index contributed by atoms with van der Waals surface area (Å²) in [5.74, 6) is 1.76. The number of carbonyl (C=O) groups is 1. The molecule has 45 heavy (non-hydrogen) atoms. The number of aromatic nitrogens is 2. The van der Waals surface area contributed by atoms with Gasteiger partial charge in [0, 0.05) is 22.1 Å².